The number of carbonyl (C=O) groups excluding carboxylic acids is 1. The van der Waals surface area contributed by atoms with Gasteiger partial charge in [0.1, 0.15) is 5.82 Å². The van der Waals surface area contributed by atoms with Gasteiger partial charge < -0.3 is 15.4 Å². The van der Waals surface area contributed by atoms with Crippen LogP contribution in [-0.2, 0) is 4.74 Å². The normalized spacial score (nSPS) is 20.3. The number of anilines is 1. The van der Waals surface area contributed by atoms with E-state index in [1.54, 1.807) is 12.1 Å². The molecule has 1 fully saturated rings. The summed E-state index contributed by atoms with van der Waals surface area (Å²) in [4.78, 5) is 18.1. The summed E-state index contributed by atoms with van der Waals surface area (Å²) in [7, 11) is 0. The van der Waals surface area contributed by atoms with Crippen LogP contribution in [0.15, 0.2) is 18.3 Å². The number of nitrogen functional groups attached to an aromatic ring is 1. The van der Waals surface area contributed by atoms with Crippen molar-refractivity contribution in [1.29, 1.82) is 0 Å². The Morgan fingerprint density at radius 1 is 1.65 bits per heavy atom. The van der Waals surface area contributed by atoms with E-state index in [1.807, 2.05) is 4.90 Å². The van der Waals surface area contributed by atoms with Gasteiger partial charge in [0, 0.05) is 12.7 Å². The number of aromatic nitrogens is 1. The Hall–Kier alpha value is -1.62. The van der Waals surface area contributed by atoms with Crippen LogP contribution in [0.1, 0.15) is 23.7 Å². The third kappa shape index (κ3) is 2.55. The molecule has 17 heavy (non-hydrogen) atoms. The van der Waals surface area contributed by atoms with Crippen LogP contribution >= 0.6 is 0 Å². The van der Waals surface area contributed by atoms with E-state index in [-0.39, 0.29) is 11.9 Å². The molecule has 0 aliphatic carbocycles. The number of ether oxygens (including phenoxy) is 1. The highest BCUT2D eigenvalue weighted by atomic mass is 16.5. The largest absolute Gasteiger partial charge is 0.384 e. The summed E-state index contributed by atoms with van der Waals surface area (Å²) in [5.41, 5.74) is 6.09. The lowest BCUT2D eigenvalue weighted by Gasteiger charge is -2.35. The van der Waals surface area contributed by atoms with E-state index in [0.29, 0.717) is 31.1 Å². The molecule has 1 aromatic heterocycles. The van der Waals surface area contributed by atoms with Gasteiger partial charge in [0.25, 0.3) is 5.91 Å². The predicted octanol–water partition coefficient (Wildman–Crippen LogP) is 0.915. The first-order chi connectivity index (χ1) is 8.22. The van der Waals surface area contributed by atoms with E-state index in [1.165, 1.54) is 6.20 Å². The first-order valence-electron chi connectivity index (χ1n) is 5.82. The van der Waals surface area contributed by atoms with Crippen molar-refractivity contribution in [1.82, 2.24) is 9.88 Å². The molecule has 2 rings (SSSR count). The smallest absolute Gasteiger partial charge is 0.255 e. The van der Waals surface area contributed by atoms with Crippen molar-refractivity contribution in [3.63, 3.8) is 0 Å². The zero-order chi connectivity index (χ0) is 12.3. The van der Waals surface area contributed by atoms with E-state index >= 15 is 0 Å². The second-order valence-corrected chi connectivity index (χ2v) is 4.11. The number of hydrogen-bond donors (Lipinski definition) is 1. The third-order valence-corrected chi connectivity index (χ3v) is 2.99. The highest BCUT2D eigenvalue weighted by Gasteiger charge is 2.26. The SMILES string of the molecule is CCC1COCCN1C(=O)c1ccc(N)nc1. The fourth-order valence-electron chi connectivity index (χ4n) is 1.96. The third-order valence-electron chi connectivity index (χ3n) is 2.99. The van der Waals surface area contributed by atoms with Gasteiger partial charge in [-0.1, -0.05) is 6.92 Å². The molecule has 1 aromatic rings. The summed E-state index contributed by atoms with van der Waals surface area (Å²) in [6.07, 6.45) is 2.42. The monoisotopic (exact) mass is 235 g/mol. The van der Waals surface area contributed by atoms with Crippen LogP contribution in [0.2, 0.25) is 0 Å². The molecule has 0 aromatic carbocycles. The zero-order valence-corrected chi connectivity index (χ0v) is 9.93. The Balaban J connectivity index is 2.15. The average molecular weight is 235 g/mol. The first-order valence-corrected chi connectivity index (χ1v) is 5.82. The second-order valence-electron chi connectivity index (χ2n) is 4.11. The molecule has 1 amide bonds. The fraction of sp³-hybridized carbons (Fsp3) is 0.500. The number of pyridine rings is 1. The van der Waals surface area contributed by atoms with Gasteiger partial charge in [0.2, 0.25) is 0 Å². The van der Waals surface area contributed by atoms with E-state index < -0.39 is 0 Å². The highest BCUT2D eigenvalue weighted by Crippen LogP contribution is 2.14. The number of morpholine rings is 1. The van der Waals surface area contributed by atoms with Crippen LogP contribution in [-0.4, -0.2) is 41.6 Å². The molecule has 1 aliphatic rings. The van der Waals surface area contributed by atoms with E-state index in [4.69, 9.17) is 10.5 Å². The molecule has 0 bridgehead atoms. The summed E-state index contributed by atoms with van der Waals surface area (Å²) in [5, 5.41) is 0. The van der Waals surface area contributed by atoms with Crippen molar-refractivity contribution in [2.45, 2.75) is 19.4 Å². The molecular weight excluding hydrogens is 218 g/mol. The number of nitrogens with two attached hydrogens (primary N) is 1. The molecule has 0 saturated carbocycles. The summed E-state index contributed by atoms with van der Waals surface area (Å²) < 4.78 is 5.38. The minimum atomic E-state index is 0.00708. The van der Waals surface area contributed by atoms with Gasteiger partial charge in [0.05, 0.1) is 24.8 Å². The lowest BCUT2D eigenvalue weighted by molar-refractivity contribution is -0.00281. The molecule has 92 valence electrons. The number of amides is 1. The van der Waals surface area contributed by atoms with Crippen molar-refractivity contribution in [3.8, 4) is 0 Å². The lowest BCUT2D eigenvalue weighted by atomic mass is 10.1. The molecule has 1 saturated heterocycles. The maximum absolute atomic E-state index is 12.3. The maximum Gasteiger partial charge on any atom is 0.255 e. The Morgan fingerprint density at radius 2 is 2.47 bits per heavy atom. The molecular formula is C12H17N3O2. The zero-order valence-electron chi connectivity index (χ0n) is 9.93. The van der Waals surface area contributed by atoms with E-state index in [9.17, 15) is 4.79 Å². The number of nitrogens with zero attached hydrogens (tertiary/aromatic N) is 2. The number of carbonyl (C=O) groups is 1. The van der Waals surface area contributed by atoms with Crippen LogP contribution in [0.4, 0.5) is 5.82 Å². The molecule has 1 atom stereocenters. The van der Waals surface area contributed by atoms with Crippen molar-refractivity contribution in [3.05, 3.63) is 23.9 Å². The molecule has 2 heterocycles. The molecule has 1 aliphatic heterocycles. The summed E-state index contributed by atoms with van der Waals surface area (Å²) >= 11 is 0. The van der Waals surface area contributed by atoms with Gasteiger partial charge in [-0.25, -0.2) is 4.98 Å². The Labute approximate surface area is 101 Å². The van der Waals surface area contributed by atoms with Crippen LogP contribution < -0.4 is 5.73 Å². The van der Waals surface area contributed by atoms with Crippen molar-refractivity contribution in [2.75, 3.05) is 25.5 Å². The van der Waals surface area contributed by atoms with Crippen LogP contribution in [0.5, 0.6) is 0 Å². The molecule has 5 nitrogen and oxygen atoms in total. The molecule has 0 radical (unpaired) electrons. The summed E-state index contributed by atoms with van der Waals surface area (Å²) in [6.45, 7) is 3.91. The van der Waals surface area contributed by atoms with Crippen LogP contribution in [0, 0.1) is 0 Å². The highest BCUT2D eigenvalue weighted by molar-refractivity contribution is 5.94. The fourth-order valence-corrected chi connectivity index (χ4v) is 1.96. The minimum Gasteiger partial charge on any atom is -0.384 e. The quantitative estimate of drug-likeness (QED) is 0.827. The van der Waals surface area contributed by atoms with E-state index in [2.05, 4.69) is 11.9 Å². The maximum atomic E-state index is 12.3. The van der Waals surface area contributed by atoms with Gasteiger partial charge in [0.15, 0.2) is 0 Å². The molecule has 0 spiro atoms. The summed E-state index contributed by atoms with van der Waals surface area (Å²) in [6, 6.07) is 3.52. The van der Waals surface area contributed by atoms with Crippen LogP contribution in [0.25, 0.3) is 0 Å². The Bertz CT molecular complexity index is 391. The Morgan fingerprint density at radius 3 is 3.12 bits per heavy atom. The molecule has 5 heteroatoms. The molecule has 1 unspecified atom stereocenters. The molecule has 2 N–H and O–H groups in total. The van der Waals surface area contributed by atoms with Gasteiger partial charge >= 0.3 is 0 Å². The average Bonchev–Trinajstić information content (AvgIpc) is 2.39. The standard InChI is InChI=1S/C12H17N3O2/c1-2-10-8-17-6-5-15(10)12(16)9-3-4-11(13)14-7-9/h3-4,7,10H,2,5-6,8H2,1H3,(H2,13,14). The summed E-state index contributed by atoms with van der Waals surface area (Å²) in [5.74, 6) is 0.434. The Kier molecular flexibility index (Phi) is 3.58. The van der Waals surface area contributed by atoms with Gasteiger partial charge in [-0.05, 0) is 18.6 Å². The lowest BCUT2D eigenvalue weighted by Crippen LogP contribution is -2.48. The van der Waals surface area contributed by atoms with Crippen molar-refractivity contribution >= 4 is 11.7 Å². The topological polar surface area (TPSA) is 68.5 Å². The number of rotatable bonds is 2. The van der Waals surface area contributed by atoms with E-state index in [0.717, 1.165) is 6.42 Å². The van der Waals surface area contributed by atoms with Crippen molar-refractivity contribution in [2.24, 2.45) is 0 Å². The van der Waals surface area contributed by atoms with Gasteiger partial charge in [-0.15, -0.1) is 0 Å². The van der Waals surface area contributed by atoms with Gasteiger partial charge in [-0.2, -0.15) is 0 Å². The van der Waals surface area contributed by atoms with Crippen molar-refractivity contribution < 1.29 is 9.53 Å². The minimum absolute atomic E-state index is 0.00708. The second kappa shape index (κ2) is 5.14. The van der Waals surface area contributed by atoms with Crippen LogP contribution in [0.3, 0.4) is 0 Å². The predicted molar refractivity (Wildman–Crippen MR) is 64.6 cm³/mol. The van der Waals surface area contributed by atoms with Gasteiger partial charge in [-0.3, -0.25) is 4.79 Å². The number of hydrogen-bond acceptors (Lipinski definition) is 4. The first kappa shape index (κ1) is 11.9.